The van der Waals surface area contributed by atoms with Crippen LogP contribution in [0, 0.1) is 170 Å². The third-order valence-corrected chi connectivity index (χ3v) is 24.7. The molecule has 608 valence electrons. The van der Waals surface area contributed by atoms with E-state index in [0.717, 1.165) is 99.0 Å². The number of halogens is 15. The van der Waals surface area contributed by atoms with Crippen LogP contribution in [-0.4, -0.2) is 0 Å². The van der Waals surface area contributed by atoms with Crippen LogP contribution in [0.15, 0.2) is 140 Å². The number of hydrogen-bond donors (Lipinski definition) is 0. The zero-order valence-corrected chi connectivity index (χ0v) is 66.0. The second-order valence-electron chi connectivity index (χ2n) is 32.8. The van der Waals surface area contributed by atoms with E-state index < -0.39 is 87.3 Å². The topological polar surface area (TPSA) is 0 Å². The average Bonchev–Trinajstić information content (AvgIpc) is 0.748. The van der Waals surface area contributed by atoms with Gasteiger partial charge in [0.15, 0.2) is 81.4 Å². The van der Waals surface area contributed by atoms with Crippen LogP contribution in [0.3, 0.4) is 0 Å². The second kappa shape index (κ2) is 37.6. The van der Waals surface area contributed by atoms with Gasteiger partial charge in [0.05, 0.1) is 5.39 Å². The number of aryl methyl sites for hydroxylation is 8. The Hall–Kier alpha value is -8.85. The summed E-state index contributed by atoms with van der Waals surface area (Å²) >= 11 is 0. The summed E-state index contributed by atoms with van der Waals surface area (Å²) in [6.45, 7) is 19.7. The molecule has 3 saturated carbocycles. The molecule has 15 rings (SSSR count). The summed E-state index contributed by atoms with van der Waals surface area (Å²) in [7, 11) is 0. The number of hydrogen-bond acceptors (Lipinski definition) is 0. The maximum absolute atomic E-state index is 14.4. The van der Waals surface area contributed by atoms with Crippen LogP contribution >= 0.6 is 0 Å². The number of fused-ring (bicyclic) bond motifs is 3. The van der Waals surface area contributed by atoms with Gasteiger partial charge in [-0.15, -0.1) is 6.58 Å². The first kappa shape index (κ1) is 85.0. The van der Waals surface area contributed by atoms with Gasteiger partial charge < -0.3 is 0 Å². The quantitative estimate of drug-likeness (QED) is 0.0894. The average molecular weight is 1570 g/mol. The lowest BCUT2D eigenvalue weighted by Gasteiger charge is -2.36. The van der Waals surface area contributed by atoms with Gasteiger partial charge in [0.1, 0.15) is 5.82 Å². The summed E-state index contributed by atoms with van der Waals surface area (Å²) in [6, 6.07) is 33.0. The van der Waals surface area contributed by atoms with Gasteiger partial charge in [-0.2, -0.15) is 0 Å². The molecule has 0 radical (unpaired) electrons. The normalized spacial score (nSPS) is 19.9. The van der Waals surface area contributed by atoms with Gasteiger partial charge >= 0.3 is 0 Å². The molecule has 0 spiro atoms. The van der Waals surface area contributed by atoms with Crippen molar-refractivity contribution in [1.29, 1.82) is 0 Å². The Balaban J connectivity index is 0.000000227. The van der Waals surface area contributed by atoms with Crippen LogP contribution in [-0.2, 0) is 32.1 Å². The molecule has 10 aromatic rings. The summed E-state index contributed by atoms with van der Waals surface area (Å²) in [5.74, 6) is -7.13. The van der Waals surface area contributed by atoms with Gasteiger partial charge in [0.25, 0.3) is 0 Å². The molecule has 0 aliphatic heterocycles. The molecule has 0 N–H and O–H groups in total. The molecule has 0 bridgehead atoms. The summed E-state index contributed by atoms with van der Waals surface area (Å²) in [5, 5.41) is 0.228. The van der Waals surface area contributed by atoms with Gasteiger partial charge in [0, 0.05) is 29.4 Å². The van der Waals surface area contributed by atoms with Crippen molar-refractivity contribution in [1.82, 2.24) is 0 Å². The van der Waals surface area contributed by atoms with E-state index >= 15 is 0 Å². The minimum atomic E-state index is -1.04. The number of benzene rings is 10. The fourth-order valence-electron chi connectivity index (χ4n) is 17.3. The minimum Gasteiger partial charge on any atom is -0.206 e. The molecule has 10 aromatic carbocycles. The van der Waals surface area contributed by atoms with Gasteiger partial charge in [-0.05, 0) is 266 Å². The van der Waals surface area contributed by atoms with Crippen molar-refractivity contribution >= 4 is 10.8 Å². The second-order valence-corrected chi connectivity index (χ2v) is 32.8. The summed E-state index contributed by atoms with van der Waals surface area (Å²) in [6.07, 6.45) is 24.3. The highest BCUT2D eigenvalue weighted by Crippen LogP contribution is 2.44. The lowest BCUT2D eigenvalue weighted by molar-refractivity contribution is 0.195. The van der Waals surface area contributed by atoms with E-state index in [1.165, 1.54) is 140 Å². The van der Waals surface area contributed by atoms with Crippen LogP contribution < -0.4 is 0 Å². The Kier molecular flexibility index (Phi) is 28.3. The minimum absolute atomic E-state index is 0. The van der Waals surface area contributed by atoms with Crippen LogP contribution in [0.4, 0.5) is 65.9 Å². The molecule has 0 aromatic heterocycles. The molecule has 0 amide bonds. The molecular formula is C98H111F15. The van der Waals surface area contributed by atoms with Gasteiger partial charge in [0.2, 0.25) is 0 Å². The molecule has 113 heavy (non-hydrogen) atoms. The van der Waals surface area contributed by atoms with E-state index in [-0.39, 0.29) is 69.4 Å². The standard InChI is InChI=1S/C22H16F4.C20H14F4.C20H28F2.C18H19F3.C18H24F2.5H2/c1-3-4-16-10-12-18(22(26)20(16)24)15-8-6-14(7-9-15)17-11-5-13(2)19(23)21(17)25;1-11-3-9-15(19(23)17(11)21)13-5-7-14(8-6-13)16-10-4-12(2)18(22)20(16)24;1-13-3-5-15(6-4-13)7-8-16-9-10-17-11-14(2)19(21)20(22)18(17)12-16;1-10-3-6-12(7-4-10)14-9-13-8-5-11(2)16(19)15(13)18(21)17(14)20;1-11-3-5-13(6-4-11)14-7-8-15-9-12(2)17(19)18(20)16(15)10-14;;;;;/h3,5-12H,1,4H2,2H3;3-10H,1-2H3;11,13,15-16H,3-10,12H2,1-2H3;5,8-10,12H,3-4,6-7H2,1-2H3;9,11,13-14H,3-8,10H2,1-2H3;5*1H. The molecule has 5 aliphatic rings. The third-order valence-electron chi connectivity index (χ3n) is 24.7. The predicted molar refractivity (Wildman–Crippen MR) is 437 cm³/mol. The van der Waals surface area contributed by atoms with E-state index in [1.54, 1.807) is 87.5 Å². The first-order chi connectivity index (χ1) is 53.9. The van der Waals surface area contributed by atoms with Gasteiger partial charge in [-0.1, -0.05) is 206 Å². The summed E-state index contributed by atoms with van der Waals surface area (Å²) in [5.41, 5.74) is 8.27. The smallest absolute Gasteiger partial charge is 0.169 e. The lowest BCUT2D eigenvalue weighted by atomic mass is 9.70. The van der Waals surface area contributed by atoms with Crippen molar-refractivity contribution in [3.63, 3.8) is 0 Å². The molecule has 5 aliphatic carbocycles. The molecule has 2 unspecified atom stereocenters. The number of allylic oxidation sites excluding steroid dienone is 1. The van der Waals surface area contributed by atoms with Crippen molar-refractivity contribution in [2.24, 2.45) is 41.4 Å². The van der Waals surface area contributed by atoms with Crippen molar-refractivity contribution < 1.29 is 73.0 Å². The molecule has 0 saturated heterocycles. The van der Waals surface area contributed by atoms with E-state index in [9.17, 15) is 65.9 Å². The fraction of sp³-hybridized carbons (Fsp3) is 0.388. The molecule has 0 heterocycles. The van der Waals surface area contributed by atoms with Crippen LogP contribution in [0.1, 0.15) is 203 Å². The van der Waals surface area contributed by atoms with Crippen molar-refractivity contribution in [2.75, 3.05) is 0 Å². The third kappa shape index (κ3) is 19.6. The van der Waals surface area contributed by atoms with Gasteiger partial charge in [-0.3, -0.25) is 0 Å². The van der Waals surface area contributed by atoms with E-state index in [4.69, 9.17) is 0 Å². The highest BCUT2D eigenvalue weighted by atomic mass is 19.2. The Morgan fingerprint density at radius 2 is 0.690 bits per heavy atom. The van der Waals surface area contributed by atoms with Crippen LogP contribution in [0.25, 0.3) is 55.3 Å². The Labute approximate surface area is 663 Å². The van der Waals surface area contributed by atoms with Crippen molar-refractivity contribution in [2.45, 2.75) is 203 Å². The zero-order valence-electron chi connectivity index (χ0n) is 66.0. The van der Waals surface area contributed by atoms with Crippen molar-refractivity contribution in [3.05, 3.63) is 294 Å². The summed E-state index contributed by atoms with van der Waals surface area (Å²) in [4.78, 5) is 0. The first-order valence-electron chi connectivity index (χ1n) is 40.0. The first-order valence-corrected chi connectivity index (χ1v) is 40.0. The van der Waals surface area contributed by atoms with Crippen molar-refractivity contribution in [3.8, 4) is 44.5 Å². The van der Waals surface area contributed by atoms with E-state index in [0.29, 0.717) is 78.8 Å². The molecule has 3 fully saturated rings. The van der Waals surface area contributed by atoms with E-state index in [2.05, 4.69) is 27.4 Å². The van der Waals surface area contributed by atoms with Gasteiger partial charge in [-0.25, -0.2) is 65.9 Å². The Morgan fingerprint density at radius 3 is 1.14 bits per heavy atom. The zero-order chi connectivity index (χ0) is 81.4. The number of rotatable bonds is 11. The highest BCUT2D eigenvalue weighted by Gasteiger charge is 2.33. The molecule has 2 atom stereocenters. The highest BCUT2D eigenvalue weighted by molar-refractivity contribution is 5.85. The Morgan fingerprint density at radius 1 is 0.319 bits per heavy atom. The van der Waals surface area contributed by atoms with Crippen LogP contribution in [0.5, 0.6) is 0 Å². The molecular weight excluding hydrogens is 1460 g/mol. The fourth-order valence-corrected chi connectivity index (χ4v) is 17.3. The molecule has 0 nitrogen and oxygen atoms in total. The summed E-state index contributed by atoms with van der Waals surface area (Å²) < 4.78 is 210. The Bertz CT molecular complexity index is 4980. The maximum atomic E-state index is 14.4. The van der Waals surface area contributed by atoms with Crippen LogP contribution in [0.2, 0.25) is 0 Å². The maximum Gasteiger partial charge on any atom is 0.169 e. The molecule has 15 heteroatoms. The lowest BCUT2D eigenvalue weighted by Crippen LogP contribution is -2.27. The monoisotopic (exact) mass is 1570 g/mol. The largest absolute Gasteiger partial charge is 0.206 e. The van der Waals surface area contributed by atoms with E-state index in [1.807, 2.05) is 12.1 Å². The predicted octanol–water partition coefficient (Wildman–Crippen LogP) is 31.1. The SMILES string of the molecule is C=CCc1ccc(-c2ccc(-c3ccc(C)c(F)c3F)cc2)c(F)c1F.Cc1cc2c(c(F)c1F)CC(C1CCC(C)CC1)CC2.Cc1cc2c(c(F)c1F)CC(CCC1CCC(C)CC1)CC2.Cc1ccc(-c2ccc(-c3ccc(C)c(F)c3F)cc2)c(F)c1F.Cc1ccc2cc(C3CCC(C)CC3)c(F)c(F)c2c1F.[HH].[HH].[HH].[HH].[HH].